The van der Waals surface area contributed by atoms with Gasteiger partial charge < -0.3 is 5.73 Å². The maximum atomic E-state index is 13.5. The van der Waals surface area contributed by atoms with Gasteiger partial charge >= 0.3 is 0 Å². The monoisotopic (exact) mass is 235 g/mol. The van der Waals surface area contributed by atoms with Crippen LogP contribution in [0.3, 0.4) is 0 Å². The summed E-state index contributed by atoms with van der Waals surface area (Å²) in [4.78, 5) is 0. The van der Waals surface area contributed by atoms with Crippen molar-refractivity contribution in [2.24, 2.45) is 0 Å². The summed E-state index contributed by atoms with van der Waals surface area (Å²) in [6.45, 7) is 5.92. The number of halogens is 1. The summed E-state index contributed by atoms with van der Waals surface area (Å²) < 4.78 is 15.0. The van der Waals surface area contributed by atoms with Gasteiger partial charge in [-0.05, 0) is 24.1 Å². The van der Waals surface area contributed by atoms with Crippen LogP contribution in [0, 0.1) is 5.82 Å². The zero-order valence-corrected chi connectivity index (χ0v) is 10.4. The van der Waals surface area contributed by atoms with Crippen molar-refractivity contribution in [3.63, 3.8) is 0 Å². The van der Waals surface area contributed by atoms with Crippen molar-refractivity contribution in [1.29, 1.82) is 0 Å². The molecule has 2 N–H and O–H groups in total. The van der Waals surface area contributed by atoms with Crippen molar-refractivity contribution in [3.8, 4) is 5.69 Å². The molecule has 0 fully saturated rings. The highest BCUT2D eigenvalue weighted by Crippen LogP contribution is 2.14. The van der Waals surface area contributed by atoms with Crippen LogP contribution in [0.5, 0.6) is 0 Å². The summed E-state index contributed by atoms with van der Waals surface area (Å²) in [6, 6.07) is 6.73. The molecule has 0 spiro atoms. The molecular formula is C13H18FN3. The van der Waals surface area contributed by atoms with E-state index >= 15 is 0 Å². The predicted octanol–water partition coefficient (Wildman–Crippen LogP) is 3.18. The predicted molar refractivity (Wildman–Crippen MR) is 68.7 cm³/mol. The Morgan fingerprint density at radius 2 is 2.00 bits per heavy atom. The Kier molecular flexibility index (Phi) is 4.69. The minimum atomic E-state index is -0.205. The molecule has 3 nitrogen and oxygen atoms in total. The summed E-state index contributed by atoms with van der Waals surface area (Å²) in [5.41, 5.74) is 6.87. The van der Waals surface area contributed by atoms with E-state index in [9.17, 15) is 4.39 Å². The minimum absolute atomic E-state index is 0.205. The van der Waals surface area contributed by atoms with Crippen molar-refractivity contribution in [2.45, 2.75) is 27.2 Å². The molecule has 0 radical (unpaired) electrons. The number of benzene rings is 1. The SMILES string of the molecule is CC.CCc1ccc(-n2ccc(N)n2)cc1F. The Morgan fingerprint density at radius 3 is 2.47 bits per heavy atom. The number of nitrogen functional groups attached to an aromatic ring is 1. The van der Waals surface area contributed by atoms with Crippen molar-refractivity contribution in [2.75, 3.05) is 5.73 Å². The van der Waals surface area contributed by atoms with Crippen molar-refractivity contribution in [1.82, 2.24) is 9.78 Å². The number of nitrogens with zero attached hydrogens (tertiary/aromatic N) is 2. The molecule has 0 aliphatic rings. The second kappa shape index (κ2) is 6.03. The van der Waals surface area contributed by atoms with Crippen LogP contribution in [0.2, 0.25) is 0 Å². The van der Waals surface area contributed by atoms with Crippen LogP contribution in [0.15, 0.2) is 30.5 Å². The molecule has 92 valence electrons. The third-order valence-corrected chi connectivity index (χ3v) is 2.29. The highest BCUT2D eigenvalue weighted by Gasteiger charge is 2.03. The molecule has 0 atom stereocenters. The maximum absolute atomic E-state index is 13.5. The van der Waals surface area contributed by atoms with E-state index in [0.717, 1.165) is 0 Å². The first-order valence-corrected chi connectivity index (χ1v) is 5.80. The fourth-order valence-electron chi connectivity index (χ4n) is 1.45. The number of aromatic nitrogens is 2. The lowest BCUT2D eigenvalue weighted by atomic mass is 10.1. The molecular weight excluding hydrogens is 217 g/mol. The second-order valence-electron chi connectivity index (χ2n) is 3.31. The number of nitrogens with two attached hydrogens (primary N) is 1. The van der Waals surface area contributed by atoms with Gasteiger partial charge in [-0.15, -0.1) is 0 Å². The lowest BCUT2D eigenvalue weighted by molar-refractivity contribution is 0.610. The quantitative estimate of drug-likeness (QED) is 0.868. The van der Waals surface area contributed by atoms with E-state index in [1.807, 2.05) is 26.8 Å². The van der Waals surface area contributed by atoms with Gasteiger partial charge in [0.1, 0.15) is 11.6 Å². The number of aryl methyl sites for hydroxylation is 1. The van der Waals surface area contributed by atoms with Gasteiger partial charge in [-0.1, -0.05) is 26.8 Å². The molecule has 1 heterocycles. The smallest absolute Gasteiger partial charge is 0.145 e. The van der Waals surface area contributed by atoms with E-state index in [4.69, 9.17) is 5.73 Å². The van der Waals surface area contributed by atoms with E-state index < -0.39 is 0 Å². The Bertz CT molecular complexity index is 477. The molecule has 0 unspecified atom stereocenters. The van der Waals surface area contributed by atoms with Crippen molar-refractivity contribution in [3.05, 3.63) is 41.8 Å². The third kappa shape index (κ3) is 3.06. The van der Waals surface area contributed by atoms with Gasteiger partial charge in [0, 0.05) is 12.3 Å². The molecule has 0 bridgehead atoms. The summed E-state index contributed by atoms with van der Waals surface area (Å²) >= 11 is 0. The average molecular weight is 235 g/mol. The topological polar surface area (TPSA) is 43.8 Å². The van der Waals surface area contributed by atoms with Crippen molar-refractivity contribution < 1.29 is 4.39 Å². The Balaban J connectivity index is 0.000000686. The van der Waals surface area contributed by atoms with E-state index in [0.29, 0.717) is 23.5 Å². The normalized spacial score (nSPS) is 9.65. The Hall–Kier alpha value is -1.84. The van der Waals surface area contributed by atoms with E-state index in [2.05, 4.69) is 5.10 Å². The zero-order chi connectivity index (χ0) is 12.8. The van der Waals surface area contributed by atoms with Gasteiger partial charge in [0.2, 0.25) is 0 Å². The van der Waals surface area contributed by atoms with Gasteiger partial charge in [-0.3, -0.25) is 0 Å². The van der Waals surface area contributed by atoms with Crippen LogP contribution in [-0.4, -0.2) is 9.78 Å². The van der Waals surface area contributed by atoms with Gasteiger partial charge in [0.25, 0.3) is 0 Å². The highest BCUT2D eigenvalue weighted by atomic mass is 19.1. The van der Waals surface area contributed by atoms with Gasteiger partial charge in [0.05, 0.1) is 5.69 Å². The molecule has 1 aromatic heterocycles. The number of hydrogen-bond donors (Lipinski definition) is 1. The Morgan fingerprint density at radius 1 is 1.29 bits per heavy atom. The van der Waals surface area contributed by atoms with Crippen LogP contribution in [0.25, 0.3) is 5.69 Å². The van der Waals surface area contributed by atoms with Crippen LogP contribution in [0.4, 0.5) is 10.2 Å². The van der Waals surface area contributed by atoms with E-state index in [1.165, 1.54) is 6.07 Å². The first kappa shape index (κ1) is 13.2. The lowest BCUT2D eigenvalue weighted by Crippen LogP contribution is -1.98. The minimum Gasteiger partial charge on any atom is -0.382 e. The van der Waals surface area contributed by atoms with Gasteiger partial charge in [-0.2, -0.15) is 5.10 Å². The lowest BCUT2D eigenvalue weighted by Gasteiger charge is -2.04. The third-order valence-electron chi connectivity index (χ3n) is 2.29. The number of rotatable bonds is 2. The average Bonchev–Trinajstić information content (AvgIpc) is 2.78. The van der Waals surface area contributed by atoms with Crippen molar-refractivity contribution >= 4 is 5.82 Å². The summed E-state index contributed by atoms with van der Waals surface area (Å²) in [6.07, 6.45) is 2.39. The number of hydrogen-bond acceptors (Lipinski definition) is 2. The van der Waals surface area contributed by atoms with Crippen LogP contribution in [-0.2, 0) is 6.42 Å². The first-order chi connectivity index (χ1) is 8.20. The van der Waals surface area contributed by atoms with Crippen LogP contribution >= 0.6 is 0 Å². The first-order valence-electron chi connectivity index (χ1n) is 5.80. The summed E-state index contributed by atoms with van der Waals surface area (Å²) in [7, 11) is 0. The molecule has 4 heteroatoms. The van der Waals surface area contributed by atoms with Gasteiger partial charge in [-0.25, -0.2) is 9.07 Å². The molecule has 0 amide bonds. The number of anilines is 1. The van der Waals surface area contributed by atoms with E-state index in [1.54, 1.807) is 23.0 Å². The molecule has 0 saturated carbocycles. The summed E-state index contributed by atoms with van der Waals surface area (Å²) in [5.74, 6) is 0.221. The standard InChI is InChI=1S/C11H12FN3.C2H6/c1-2-8-3-4-9(7-10(8)12)15-6-5-11(13)14-15;1-2/h3-7H,2H2,1H3,(H2,13,14);1-2H3. The zero-order valence-electron chi connectivity index (χ0n) is 10.4. The molecule has 1 aromatic carbocycles. The van der Waals surface area contributed by atoms with Crippen LogP contribution in [0.1, 0.15) is 26.3 Å². The molecule has 17 heavy (non-hydrogen) atoms. The molecule has 0 aliphatic heterocycles. The molecule has 2 rings (SSSR count). The maximum Gasteiger partial charge on any atom is 0.145 e. The largest absolute Gasteiger partial charge is 0.382 e. The molecule has 2 aromatic rings. The van der Waals surface area contributed by atoms with E-state index in [-0.39, 0.29) is 5.82 Å². The molecule has 0 aliphatic carbocycles. The fourth-order valence-corrected chi connectivity index (χ4v) is 1.45. The molecule has 0 saturated heterocycles. The second-order valence-corrected chi connectivity index (χ2v) is 3.31. The summed E-state index contributed by atoms with van der Waals surface area (Å²) in [5, 5.41) is 4.01. The fraction of sp³-hybridized carbons (Fsp3) is 0.308. The van der Waals surface area contributed by atoms with Crippen LogP contribution < -0.4 is 5.73 Å². The van der Waals surface area contributed by atoms with Gasteiger partial charge in [0.15, 0.2) is 0 Å². The highest BCUT2D eigenvalue weighted by molar-refractivity contribution is 5.37. The Labute approximate surface area is 101 Å².